The number of unbranched alkanes of at least 4 members (excludes halogenated alkanes) is 1. The van der Waals surface area contributed by atoms with Crippen LogP contribution in [0, 0.1) is 0 Å². The van der Waals surface area contributed by atoms with E-state index < -0.39 is 0 Å². The number of hydrogen-bond acceptors (Lipinski definition) is 2. The molecule has 0 aliphatic carbocycles. The summed E-state index contributed by atoms with van der Waals surface area (Å²) in [5.74, 6) is 0.0794. The van der Waals surface area contributed by atoms with Gasteiger partial charge in [0.25, 0.3) is 0 Å². The van der Waals surface area contributed by atoms with E-state index in [0.29, 0.717) is 0 Å². The number of anilines is 1. The van der Waals surface area contributed by atoms with Gasteiger partial charge in [0.1, 0.15) is 0 Å². The molecular weight excluding hydrogens is 356 g/mol. The van der Waals surface area contributed by atoms with Gasteiger partial charge in [0, 0.05) is 43.0 Å². The van der Waals surface area contributed by atoms with Gasteiger partial charge in [-0.3, -0.25) is 4.79 Å². The Hall–Kier alpha value is -2.26. The van der Waals surface area contributed by atoms with Crippen molar-refractivity contribution < 1.29 is 4.79 Å². The third-order valence-electron chi connectivity index (χ3n) is 4.98. The molecule has 0 bridgehead atoms. The van der Waals surface area contributed by atoms with Gasteiger partial charge in [0.2, 0.25) is 5.91 Å². The predicted octanol–water partition coefficient (Wildman–Crippen LogP) is 5.04. The van der Waals surface area contributed by atoms with E-state index in [-0.39, 0.29) is 5.91 Å². The fourth-order valence-electron chi connectivity index (χ4n) is 3.31. The molecule has 142 valence electrons. The van der Waals surface area contributed by atoms with E-state index >= 15 is 0 Å². The first-order valence-corrected chi connectivity index (χ1v) is 10.1. The molecule has 2 aromatic rings. The van der Waals surface area contributed by atoms with Gasteiger partial charge in [0.15, 0.2) is 0 Å². The second kappa shape index (κ2) is 9.61. The van der Waals surface area contributed by atoms with Crippen molar-refractivity contribution in [3.8, 4) is 0 Å². The lowest BCUT2D eigenvalue weighted by Gasteiger charge is -2.35. The Bertz CT molecular complexity index is 777. The van der Waals surface area contributed by atoms with Crippen molar-refractivity contribution in [3.05, 3.63) is 70.8 Å². The van der Waals surface area contributed by atoms with E-state index in [2.05, 4.69) is 42.2 Å². The molecule has 1 aliphatic heterocycles. The minimum absolute atomic E-state index is 0.0794. The summed E-state index contributed by atoms with van der Waals surface area (Å²) in [5, 5.41) is 0.745. The molecule has 0 saturated carbocycles. The molecule has 1 saturated heterocycles. The predicted molar refractivity (Wildman–Crippen MR) is 114 cm³/mol. The highest BCUT2D eigenvalue weighted by Gasteiger charge is 2.19. The summed E-state index contributed by atoms with van der Waals surface area (Å²) in [6.07, 6.45) is 7.15. The monoisotopic (exact) mass is 382 g/mol. The van der Waals surface area contributed by atoms with Gasteiger partial charge in [-0.15, -0.1) is 0 Å². The highest BCUT2D eigenvalue weighted by Crippen LogP contribution is 2.21. The molecule has 0 radical (unpaired) electrons. The fourth-order valence-corrected chi connectivity index (χ4v) is 3.49. The van der Waals surface area contributed by atoms with Gasteiger partial charge >= 0.3 is 0 Å². The molecule has 1 heterocycles. The number of aryl methyl sites for hydroxylation is 1. The normalized spacial score (nSPS) is 14.7. The number of hydrogen-bond donors (Lipinski definition) is 0. The summed E-state index contributed by atoms with van der Waals surface area (Å²) >= 11 is 6.08. The smallest absolute Gasteiger partial charge is 0.246 e. The van der Waals surface area contributed by atoms with Crippen LogP contribution in [0.5, 0.6) is 0 Å². The zero-order chi connectivity index (χ0) is 19.1. The van der Waals surface area contributed by atoms with Gasteiger partial charge in [-0.05, 0) is 48.2 Å². The second-order valence-electron chi connectivity index (χ2n) is 6.97. The molecule has 27 heavy (non-hydrogen) atoms. The van der Waals surface area contributed by atoms with Crippen LogP contribution in [0.2, 0.25) is 5.02 Å². The van der Waals surface area contributed by atoms with Crippen LogP contribution in [-0.2, 0) is 11.2 Å². The Kier molecular flexibility index (Phi) is 6.94. The van der Waals surface area contributed by atoms with Crippen LogP contribution in [0.15, 0.2) is 54.6 Å². The van der Waals surface area contributed by atoms with Crippen LogP contribution in [0.25, 0.3) is 6.08 Å². The molecule has 1 amide bonds. The Morgan fingerprint density at radius 2 is 1.81 bits per heavy atom. The summed E-state index contributed by atoms with van der Waals surface area (Å²) in [4.78, 5) is 16.7. The van der Waals surface area contributed by atoms with Gasteiger partial charge in [-0.1, -0.05) is 55.3 Å². The molecule has 0 atom stereocenters. The molecule has 3 nitrogen and oxygen atoms in total. The third kappa shape index (κ3) is 5.61. The van der Waals surface area contributed by atoms with Crippen LogP contribution >= 0.6 is 11.6 Å². The number of halogens is 1. The number of amides is 1. The quantitative estimate of drug-likeness (QED) is 0.653. The minimum atomic E-state index is 0.0794. The molecule has 0 N–H and O–H groups in total. The number of piperazine rings is 1. The van der Waals surface area contributed by atoms with Gasteiger partial charge in [0.05, 0.1) is 0 Å². The summed E-state index contributed by atoms with van der Waals surface area (Å²) in [6, 6.07) is 16.4. The maximum Gasteiger partial charge on any atom is 0.246 e. The molecule has 1 aliphatic rings. The number of carbonyl (C=O) groups is 1. The van der Waals surface area contributed by atoms with Gasteiger partial charge in [-0.25, -0.2) is 0 Å². The standard InChI is InChI=1S/C23H27ClN2O/c1-2-3-5-19-8-10-20(11-9-19)12-13-23(27)26-16-14-25(15-17-26)22-7-4-6-21(24)18-22/h4,6-13,18H,2-3,5,14-17H2,1H3. The molecule has 0 unspecified atom stereocenters. The molecule has 3 rings (SSSR count). The summed E-state index contributed by atoms with van der Waals surface area (Å²) < 4.78 is 0. The van der Waals surface area contributed by atoms with E-state index in [1.54, 1.807) is 6.08 Å². The maximum absolute atomic E-state index is 12.5. The average molecular weight is 383 g/mol. The lowest BCUT2D eigenvalue weighted by molar-refractivity contribution is -0.126. The zero-order valence-electron chi connectivity index (χ0n) is 15.9. The van der Waals surface area contributed by atoms with Crippen LogP contribution < -0.4 is 4.90 Å². The Morgan fingerprint density at radius 3 is 2.48 bits per heavy atom. The van der Waals surface area contributed by atoms with Crippen LogP contribution in [0.4, 0.5) is 5.69 Å². The number of carbonyl (C=O) groups excluding carboxylic acids is 1. The Labute approximate surface area is 167 Å². The summed E-state index contributed by atoms with van der Waals surface area (Å²) in [5.41, 5.74) is 3.55. The lowest BCUT2D eigenvalue weighted by atomic mass is 10.1. The topological polar surface area (TPSA) is 23.6 Å². The third-order valence-corrected chi connectivity index (χ3v) is 5.22. The van der Waals surface area contributed by atoms with Crippen molar-refractivity contribution in [1.82, 2.24) is 4.90 Å². The largest absolute Gasteiger partial charge is 0.368 e. The maximum atomic E-state index is 12.5. The molecule has 2 aromatic carbocycles. The average Bonchev–Trinajstić information content (AvgIpc) is 2.71. The molecule has 1 fully saturated rings. The summed E-state index contributed by atoms with van der Waals surface area (Å²) in [7, 11) is 0. The van der Waals surface area contributed by atoms with E-state index in [1.807, 2.05) is 29.2 Å². The zero-order valence-corrected chi connectivity index (χ0v) is 16.7. The van der Waals surface area contributed by atoms with E-state index in [9.17, 15) is 4.79 Å². The van der Waals surface area contributed by atoms with Crippen molar-refractivity contribution in [3.63, 3.8) is 0 Å². The first kappa shape index (κ1) is 19.5. The Balaban J connectivity index is 1.51. The molecular formula is C23H27ClN2O. The minimum Gasteiger partial charge on any atom is -0.368 e. The number of nitrogens with zero attached hydrogens (tertiary/aromatic N) is 2. The second-order valence-corrected chi connectivity index (χ2v) is 7.41. The fraction of sp³-hybridized carbons (Fsp3) is 0.348. The SMILES string of the molecule is CCCCc1ccc(C=CC(=O)N2CCN(c3cccc(Cl)c3)CC2)cc1. The highest BCUT2D eigenvalue weighted by molar-refractivity contribution is 6.30. The molecule has 0 aromatic heterocycles. The number of rotatable bonds is 6. The van der Waals surface area contributed by atoms with Gasteiger partial charge in [-0.2, -0.15) is 0 Å². The van der Waals surface area contributed by atoms with Gasteiger partial charge < -0.3 is 9.80 Å². The Morgan fingerprint density at radius 1 is 1.07 bits per heavy atom. The van der Waals surface area contributed by atoms with Crippen molar-refractivity contribution in [2.75, 3.05) is 31.1 Å². The highest BCUT2D eigenvalue weighted by atomic mass is 35.5. The van der Waals surface area contributed by atoms with E-state index in [4.69, 9.17) is 11.6 Å². The van der Waals surface area contributed by atoms with Crippen LogP contribution in [0.1, 0.15) is 30.9 Å². The van der Waals surface area contributed by atoms with Crippen molar-refractivity contribution in [2.24, 2.45) is 0 Å². The van der Waals surface area contributed by atoms with Crippen molar-refractivity contribution in [1.29, 1.82) is 0 Å². The van der Waals surface area contributed by atoms with E-state index in [1.165, 1.54) is 18.4 Å². The first-order chi connectivity index (χ1) is 13.2. The van der Waals surface area contributed by atoms with Crippen molar-refractivity contribution in [2.45, 2.75) is 26.2 Å². The van der Waals surface area contributed by atoms with Crippen LogP contribution in [-0.4, -0.2) is 37.0 Å². The lowest BCUT2D eigenvalue weighted by Crippen LogP contribution is -2.48. The number of benzene rings is 2. The summed E-state index contributed by atoms with van der Waals surface area (Å²) in [6.45, 7) is 5.31. The van der Waals surface area contributed by atoms with Crippen molar-refractivity contribution >= 4 is 29.3 Å². The van der Waals surface area contributed by atoms with Crippen LogP contribution in [0.3, 0.4) is 0 Å². The molecule has 0 spiro atoms. The van der Waals surface area contributed by atoms with E-state index in [0.717, 1.165) is 48.9 Å². The first-order valence-electron chi connectivity index (χ1n) is 9.72. The molecule has 4 heteroatoms.